The van der Waals surface area contributed by atoms with Gasteiger partial charge in [0.15, 0.2) is 0 Å². The first kappa shape index (κ1) is 15.2. The Morgan fingerprint density at radius 2 is 2.00 bits per heavy atom. The number of amides is 1. The molecule has 2 aromatic rings. The molecule has 0 aliphatic rings. The van der Waals surface area contributed by atoms with Gasteiger partial charge in [-0.05, 0) is 18.4 Å². The molecule has 0 radical (unpaired) electrons. The maximum atomic E-state index is 12.2. The van der Waals surface area contributed by atoms with Gasteiger partial charge in [0.2, 0.25) is 0 Å². The molecule has 6 heteroatoms. The predicted octanol–water partition coefficient (Wildman–Crippen LogP) is 1.48. The molecule has 112 valence electrons. The van der Waals surface area contributed by atoms with Crippen molar-refractivity contribution in [2.24, 2.45) is 7.05 Å². The number of aryl methyl sites for hydroxylation is 3. The number of hydrogen-bond donors (Lipinski definition) is 0. The van der Waals surface area contributed by atoms with E-state index in [9.17, 15) is 4.79 Å². The van der Waals surface area contributed by atoms with Crippen LogP contribution in [-0.4, -0.2) is 44.1 Å². The van der Waals surface area contributed by atoms with Crippen LogP contribution >= 0.6 is 0 Å². The normalized spacial score (nSPS) is 10.6. The van der Waals surface area contributed by atoms with Crippen molar-refractivity contribution in [3.8, 4) is 0 Å². The lowest BCUT2D eigenvalue weighted by Crippen LogP contribution is -2.28. The standard InChI is InChI=1S/C15H21N5O/c1-4-14-16-9-13(10-17-14)15(21)19(2)7-5-6-12-8-18-20(3)11-12/h8-11H,4-7H2,1-3H3. The van der Waals surface area contributed by atoms with Gasteiger partial charge in [-0.1, -0.05) is 6.92 Å². The van der Waals surface area contributed by atoms with Gasteiger partial charge in [0, 0.05) is 45.7 Å². The fourth-order valence-corrected chi connectivity index (χ4v) is 2.09. The van der Waals surface area contributed by atoms with E-state index in [-0.39, 0.29) is 5.91 Å². The van der Waals surface area contributed by atoms with E-state index >= 15 is 0 Å². The van der Waals surface area contributed by atoms with E-state index < -0.39 is 0 Å². The number of rotatable bonds is 6. The van der Waals surface area contributed by atoms with Crippen LogP contribution in [0, 0.1) is 0 Å². The molecule has 2 aromatic heterocycles. The third kappa shape index (κ3) is 4.11. The van der Waals surface area contributed by atoms with Crippen LogP contribution in [0.25, 0.3) is 0 Å². The average Bonchev–Trinajstić information content (AvgIpc) is 2.92. The minimum absolute atomic E-state index is 0.0381. The maximum Gasteiger partial charge on any atom is 0.256 e. The van der Waals surface area contributed by atoms with Crippen LogP contribution < -0.4 is 0 Å². The van der Waals surface area contributed by atoms with E-state index in [0.29, 0.717) is 12.1 Å². The summed E-state index contributed by atoms with van der Waals surface area (Å²) in [6.45, 7) is 2.69. The molecule has 0 spiro atoms. The number of nitrogens with zero attached hydrogens (tertiary/aromatic N) is 5. The van der Waals surface area contributed by atoms with Gasteiger partial charge in [-0.25, -0.2) is 9.97 Å². The monoisotopic (exact) mass is 287 g/mol. The predicted molar refractivity (Wildman–Crippen MR) is 79.9 cm³/mol. The number of carbonyl (C=O) groups is 1. The zero-order valence-corrected chi connectivity index (χ0v) is 12.8. The highest BCUT2D eigenvalue weighted by Gasteiger charge is 2.12. The molecule has 0 bridgehead atoms. The third-order valence-corrected chi connectivity index (χ3v) is 3.33. The Balaban J connectivity index is 1.84. The van der Waals surface area contributed by atoms with E-state index in [1.54, 1.807) is 29.0 Å². The van der Waals surface area contributed by atoms with Crippen LogP contribution in [-0.2, 0) is 19.9 Å². The van der Waals surface area contributed by atoms with E-state index in [4.69, 9.17) is 0 Å². The van der Waals surface area contributed by atoms with Crippen molar-refractivity contribution in [3.05, 3.63) is 41.7 Å². The molecule has 21 heavy (non-hydrogen) atoms. The van der Waals surface area contributed by atoms with E-state index in [0.717, 1.165) is 25.1 Å². The Hall–Kier alpha value is -2.24. The minimum Gasteiger partial charge on any atom is -0.342 e. The number of hydrogen-bond acceptors (Lipinski definition) is 4. The van der Waals surface area contributed by atoms with E-state index in [2.05, 4.69) is 15.1 Å². The Morgan fingerprint density at radius 1 is 1.29 bits per heavy atom. The zero-order chi connectivity index (χ0) is 15.2. The van der Waals surface area contributed by atoms with E-state index in [1.165, 1.54) is 5.56 Å². The molecule has 0 unspecified atom stereocenters. The lowest BCUT2D eigenvalue weighted by atomic mass is 10.2. The first-order valence-electron chi connectivity index (χ1n) is 7.14. The minimum atomic E-state index is -0.0381. The lowest BCUT2D eigenvalue weighted by molar-refractivity contribution is 0.0792. The Morgan fingerprint density at radius 3 is 2.57 bits per heavy atom. The summed E-state index contributed by atoms with van der Waals surface area (Å²) in [7, 11) is 3.71. The Labute approximate surface area is 124 Å². The molecule has 1 amide bonds. The van der Waals surface area contributed by atoms with Gasteiger partial charge in [-0.15, -0.1) is 0 Å². The first-order chi connectivity index (χ1) is 10.1. The summed E-state index contributed by atoms with van der Waals surface area (Å²) in [5.41, 5.74) is 1.73. The second-order valence-electron chi connectivity index (χ2n) is 5.09. The van der Waals surface area contributed by atoms with Crippen molar-refractivity contribution < 1.29 is 4.79 Å². The van der Waals surface area contributed by atoms with Crippen molar-refractivity contribution in [1.82, 2.24) is 24.6 Å². The average molecular weight is 287 g/mol. The molecule has 0 aliphatic heterocycles. The zero-order valence-electron chi connectivity index (χ0n) is 12.8. The summed E-state index contributed by atoms with van der Waals surface area (Å²) >= 11 is 0. The highest BCUT2D eigenvalue weighted by atomic mass is 16.2. The van der Waals surface area contributed by atoms with E-state index in [1.807, 2.05) is 26.4 Å². The van der Waals surface area contributed by atoms with Crippen molar-refractivity contribution in [2.45, 2.75) is 26.2 Å². The van der Waals surface area contributed by atoms with Gasteiger partial charge < -0.3 is 4.90 Å². The van der Waals surface area contributed by atoms with Gasteiger partial charge >= 0.3 is 0 Å². The van der Waals surface area contributed by atoms with Crippen LogP contribution in [0.1, 0.15) is 35.1 Å². The quantitative estimate of drug-likeness (QED) is 0.807. The maximum absolute atomic E-state index is 12.2. The summed E-state index contributed by atoms with van der Waals surface area (Å²) in [5, 5.41) is 4.13. The third-order valence-electron chi connectivity index (χ3n) is 3.33. The Bertz CT molecular complexity index is 590. The van der Waals surface area contributed by atoms with Crippen LogP contribution in [0.4, 0.5) is 0 Å². The summed E-state index contributed by atoms with van der Waals surface area (Å²) in [6, 6.07) is 0. The van der Waals surface area contributed by atoms with Crippen molar-refractivity contribution in [2.75, 3.05) is 13.6 Å². The molecular formula is C15H21N5O. The van der Waals surface area contributed by atoms with Gasteiger partial charge in [0.25, 0.3) is 5.91 Å². The van der Waals surface area contributed by atoms with Crippen LogP contribution in [0.15, 0.2) is 24.8 Å². The first-order valence-corrected chi connectivity index (χ1v) is 7.14. The molecule has 0 saturated heterocycles. The smallest absolute Gasteiger partial charge is 0.256 e. The Kier molecular flexibility index (Phi) is 5.03. The van der Waals surface area contributed by atoms with Crippen LogP contribution in [0.5, 0.6) is 0 Å². The molecule has 2 heterocycles. The van der Waals surface area contributed by atoms with Gasteiger partial charge in [-0.2, -0.15) is 5.10 Å². The number of carbonyl (C=O) groups excluding carboxylic acids is 1. The second kappa shape index (κ2) is 6.97. The highest BCUT2D eigenvalue weighted by Crippen LogP contribution is 2.05. The van der Waals surface area contributed by atoms with Crippen molar-refractivity contribution in [1.29, 1.82) is 0 Å². The van der Waals surface area contributed by atoms with Gasteiger partial charge in [0.1, 0.15) is 5.82 Å². The molecule has 2 rings (SSSR count). The van der Waals surface area contributed by atoms with Crippen LogP contribution in [0.2, 0.25) is 0 Å². The fourth-order valence-electron chi connectivity index (χ4n) is 2.09. The van der Waals surface area contributed by atoms with Gasteiger partial charge in [-0.3, -0.25) is 9.48 Å². The molecule has 0 saturated carbocycles. The summed E-state index contributed by atoms with van der Waals surface area (Å²) in [5.74, 6) is 0.717. The van der Waals surface area contributed by atoms with Crippen molar-refractivity contribution in [3.63, 3.8) is 0 Å². The molecule has 0 N–H and O–H groups in total. The summed E-state index contributed by atoms with van der Waals surface area (Å²) < 4.78 is 1.79. The highest BCUT2D eigenvalue weighted by molar-refractivity contribution is 5.93. The summed E-state index contributed by atoms with van der Waals surface area (Å²) in [6.07, 6.45) is 9.66. The fraction of sp³-hybridized carbons (Fsp3) is 0.467. The molecule has 6 nitrogen and oxygen atoms in total. The SMILES string of the molecule is CCc1ncc(C(=O)N(C)CCCc2cnn(C)c2)cn1. The second-order valence-corrected chi connectivity index (χ2v) is 5.09. The molecule has 0 aromatic carbocycles. The molecule has 0 atom stereocenters. The topological polar surface area (TPSA) is 63.9 Å². The molecular weight excluding hydrogens is 266 g/mol. The molecule has 0 fully saturated rings. The van der Waals surface area contributed by atoms with Crippen LogP contribution in [0.3, 0.4) is 0 Å². The molecule has 0 aliphatic carbocycles. The van der Waals surface area contributed by atoms with Crippen molar-refractivity contribution >= 4 is 5.91 Å². The summed E-state index contributed by atoms with van der Waals surface area (Å²) in [4.78, 5) is 22.3. The van der Waals surface area contributed by atoms with Gasteiger partial charge in [0.05, 0.1) is 11.8 Å². The largest absolute Gasteiger partial charge is 0.342 e. The lowest BCUT2D eigenvalue weighted by Gasteiger charge is -2.16. The number of aromatic nitrogens is 4.